The molecule has 2 aliphatic heterocycles. The lowest BCUT2D eigenvalue weighted by molar-refractivity contribution is 0.0652. The number of halogens is 6. The molecule has 16 heteroatoms. The molecule has 0 fully saturated rings. The Bertz CT molecular complexity index is 2240. The van der Waals surface area contributed by atoms with E-state index in [1.807, 2.05) is 6.92 Å². The molecule has 4 amide bonds. The molecular formula is C38H28F6N2O6S2. The van der Waals surface area contributed by atoms with Crippen LogP contribution in [-0.4, -0.2) is 65.4 Å². The minimum atomic E-state index is -5.35. The maximum Gasteiger partial charge on any atom is 0.400 e. The number of fused-ring (bicyclic) bond motifs is 2. The lowest BCUT2D eigenvalue weighted by Crippen LogP contribution is -2.33. The molecule has 0 bridgehead atoms. The average Bonchev–Trinajstić information content (AvgIpc) is 3.53. The van der Waals surface area contributed by atoms with Gasteiger partial charge in [-0.1, -0.05) is 59.7 Å². The Hall–Kier alpha value is -5.48. The van der Waals surface area contributed by atoms with Crippen LogP contribution in [0.4, 0.5) is 26.3 Å². The molecule has 4 aromatic carbocycles. The van der Waals surface area contributed by atoms with Gasteiger partial charge in [0.15, 0.2) is 11.7 Å². The Kier molecular flexibility index (Phi) is 11.4. The van der Waals surface area contributed by atoms with Gasteiger partial charge >= 0.3 is 10.5 Å². The number of amides is 4. The number of hydrogen-bond acceptors (Lipinski definition) is 7. The molecule has 4 aromatic rings. The van der Waals surface area contributed by atoms with Gasteiger partial charge in [-0.05, 0) is 86.3 Å². The Labute approximate surface area is 309 Å². The molecule has 0 spiro atoms. The van der Waals surface area contributed by atoms with Crippen LogP contribution in [-0.2, 0) is 9.84 Å². The molecule has 0 atom stereocenters. The van der Waals surface area contributed by atoms with Crippen molar-refractivity contribution in [2.45, 2.75) is 34.1 Å². The van der Waals surface area contributed by atoms with E-state index in [0.29, 0.717) is 16.5 Å². The van der Waals surface area contributed by atoms with Crippen molar-refractivity contribution in [3.05, 3.63) is 154 Å². The molecule has 0 N–H and O–H groups in total. The first kappa shape index (κ1) is 39.7. The fraction of sp³-hybridized carbons (Fsp3) is 0.158. The first-order chi connectivity index (χ1) is 25.4. The molecule has 2 aliphatic rings. The number of carbonyl (C=O) groups excluding carboxylic acids is 4. The molecule has 0 aromatic heterocycles. The minimum Gasteiger partial charge on any atom is -0.270 e. The number of sulfone groups is 1. The number of imide groups is 2. The highest BCUT2D eigenvalue weighted by Crippen LogP contribution is 2.42. The van der Waals surface area contributed by atoms with E-state index in [0.717, 1.165) is 22.6 Å². The van der Waals surface area contributed by atoms with Gasteiger partial charge in [-0.2, -0.15) is 17.6 Å². The fourth-order valence-electron chi connectivity index (χ4n) is 5.19. The van der Waals surface area contributed by atoms with Gasteiger partial charge in [0, 0.05) is 4.90 Å². The van der Waals surface area contributed by atoms with Crippen LogP contribution in [0.1, 0.15) is 52.6 Å². The third-order valence-electron chi connectivity index (χ3n) is 8.15. The van der Waals surface area contributed by atoms with E-state index in [9.17, 15) is 53.9 Å². The van der Waals surface area contributed by atoms with E-state index in [2.05, 4.69) is 0 Å². The van der Waals surface area contributed by atoms with Crippen molar-refractivity contribution in [1.82, 2.24) is 9.80 Å². The number of hydrogen-bond donors (Lipinski definition) is 0. The highest BCUT2D eigenvalue weighted by atomic mass is 32.2. The smallest absolute Gasteiger partial charge is 0.270 e. The van der Waals surface area contributed by atoms with E-state index in [-0.39, 0.29) is 45.0 Å². The average molecular weight is 787 g/mol. The predicted molar refractivity (Wildman–Crippen MR) is 187 cm³/mol. The summed E-state index contributed by atoms with van der Waals surface area (Å²) in [6.45, 7) is 2.08. The minimum absolute atomic E-state index is 0.0691. The van der Waals surface area contributed by atoms with E-state index >= 15 is 0 Å². The third kappa shape index (κ3) is 7.89. The molecule has 8 nitrogen and oxygen atoms in total. The second-order valence-corrected chi connectivity index (χ2v) is 15.1. The standard InChI is InChI=1S/C19H14F3NO4S.C19H14F3NO2S/c1-12-6-8-13(9-7-12)28(26,27)19(21,22)16(20)10-11-23-17(24)14-4-2-3-5-15(14)18(23)25;1-12-6-8-13(9-7-12)26-19(21,22)16(20)10-11-23-17(24)14-4-2-3-5-15(14)18(23)25/h2-10H,11H2,1H3;2-10H,11H2,1H3/b2*16-10-. The molecule has 0 unspecified atom stereocenters. The zero-order chi connectivity index (χ0) is 39.6. The van der Waals surface area contributed by atoms with Gasteiger partial charge < -0.3 is 0 Å². The largest absolute Gasteiger partial charge is 0.400 e. The number of aryl methyl sites for hydroxylation is 2. The van der Waals surface area contributed by atoms with E-state index in [4.69, 9.17) is 0 Å². The zero-order valence-corrected chi connectivity index (χ0v) is 29.9. The van der Waals surface area contributed by atoms with Crippen LogP contribution >= 0.6 is 11.8 Å². The molecule has 0 aliphatic carbocycles. The van der Waals surface area contributed by atoms with Crippen molar-refractivity contribution in [2.75, 3.05) is 13.1 Å². The number of thioether (sulfide) groups is 1. The van der Waals surface area contributed by atoms with Gasteiger partial charge in [0.25, 0.3) is 33.5 Å². The number of benzene rings is 4. The van der Waals surface area contributed by atoms with Crippen LogP contribution in [0.3, 0.4) is 0 Å². The van der Waals surface area contributed by atoms with E-state index in [1.54, 1.807) is 31.2 Å². The lowest BCUT2D eigenvalue weighted by atomic mass is 10.1. The molecule has 0 radical (unpaired) electrons. The van der Waals surface area contributed by atoms with E-state index < -0.39 is 73.6 Å². The summed E-state index contributed by atoms with van der Waals surface area (Å²) in [5.41, 5.74) is 2.06. The number of nitrogens with zero attached hydrogens (tertiary/aromatic N) is 2. The first-order valence-corrected chi connectivity index (χ1v) is 18.1. The van der Waals surface area contributed by atoms with E-state index in [1.165, 1.54) is 60.7 Å². The molecule has 54 heavy (non-hydrogen) atoms. The highest BCUT2D eigenvalue weighted by Gasteiger charge is 2.51. The maximum absolute atomic E-state index is 14.3. The maximum atomic E-state index is 14.3. The molecule has 2 heterocycles. The zero-order valence-electron chi connectivity index (χ0n) is 28.2. The van der Waals surface area contributed by atoms with Gasteiger partial charge in [0.2, 0.25) is 0 Å². The first-order valence-electron chi connectivity index (χ1n) is 15.8. The normalized spacial score (nSPS) is 15.0. The monoisotopic (exact) mass is 786 g/mol. The summed E-state index contributed by atoms with van der Waals surface area (Å²) >= 11 is 0.0691. The van der Waals surface area contributed by atoms with Crippen molar-refractivity contribution in [2.24, 2.45) is 0 Å². The molecular weight excluding hydrogens is 759 g/mol. The van der Waals surface area contributed by atoms with Gasteiger partial charge in [0.05, 0.1) is 40.2 Å². The topological polar surface area (TPSA) is 109 Å². The van der Waals surface area contributed by atoms with Crippen LogP contribution in [0.25, 0.3) is 0 Å². The van der Waals surface area contributed by atoms with Crippen LogP contribution in [0.2, 0.25) is 0 Å². The van der Waals surface area contributed by atoms with Crippen LogP contribution in [0.5, 0.6) is 0 Å². The number of alkyl halides is 4. The Morgan fingerprint density at radius 1 is 0.593 bits per heavy atom. The molecule has 0 saturated carbocycles. The second kappa shape index (κ2) is 15.5. The second-order valence-electron chi connectivity index (χ2n) is 11.9. The van der Waals surface area contributed by atoms with Gasteiger partial charge in [-0.3, -0.25) is 29.0 Å². The van der Waals surface area contributed by atoms with Gasteiger partial charge in [-0.15, -0.1) is 0 Å². The predicted octanol–water partition coefficient (Wildman–Crippen LogP) is 8.34. The van der Waals surface area contributed by atoms with Gasteiger partial charge in [0.1, 0.15) is 0 Å². The van der Waals surface area contributed by atoms with Crippen molar-refractivity contribution in [3.8, 4) is 0 Å². The Morgan fingerprint density at radius 3 is 1.33 bits per heavy atom. The number of rotatable bonds is 10. The lowest BCUT2D eigenvalue weighted by Gasteiger charge is -2.17. The van der Waals surface area contributed by atoms with Crippen molar-refractivity contribution in [3.63, 3.8) is 0 Å². The Morgan fingerprint density at radius 2 is 0.944 bits per heavy atom. The van der Waals surface area contributed by atoms with Crippen LogP contribution in [0, 0.1) is 13.8 Å². The molecule has 0 saturated heterocycles. The fourth-order valence-corrected chi connectivity index (χ4v) is 7.07. The summed E-state index contributed by atoms with van der Waals surface area (Å²) in [5.74, 6) is -6.73. The van der Waals surface area contributed by atoms with Gasteiger partial charge in [-0.25, -0.2) is 17.2 Å². The molecule has 280 valence electrons. The SMILES string of the molecule is Cc1ccc(S(=O)(=O)C(F)(F)/C(F)=C/CN2C(=O)c3ccccc3C2=O)cc1.Cc1ccc(SC(F)(F)/C(F)=C/CN2C(=O)c3ccccc3C2=O)cc1. The summed E-state index contributed by atoms with van der Waals surface area (Å²) in [7, 11) is -5.35. The van der Waals surface area contributed by atoms with Crippen LogP contribution in [0.15, 0.2) is 131 Å². The Balaban J connectivity index is 0.000000208. The van der Waals surface area contributed by atoms with Crippen molar-refractivity contribution >= 4 is 45.2 Å². The summed E-state index contributed by atoms with van der Waals surface area (Å²) in [4.78, 5) is 49.4. The van der Waals surface area contributed by atoms with Crippen LogP contribution < -0.4 is 0 Å². The number of carbonyl (C=O) groups is 4. The van der Waals surface area contributed by atoms with Crippen molar-refractivity contribution < 1.29 is 53.9 Å². The summed E-state index contributed by atoms with van der Waals surface area (Å²) in [6.07, 6.45) is 0.802. The van der Waals surface area contributed by atoms with Crippen molar-refractivity contribution in [1.29, 1.82) is 0 Å². The summed E-state index contributed by atoms with van der Waals surface area (Å²) < 4.78 is 109. The molecule has 6 rings (SSSR count). The summed E-state index contributed by atoms with van der Waals surface area (Å²) in [6, 6.07) is 22.7. The third-order valence-corrected chi connectivity index (χ3v) is 10.9. The highest BCUT2D eigenvalue weighted by molar-refractivity contribution is 8.00. The quantitative estimate of drug-likeness (QED) is 0.0904. The summed E-state index contributed by atoms with van der Waals surface area (Å²) in [5, 5.41) is -8.64.